The fourth-order valence-corrected chi connectivity index (χ4v) is 3.30. The van der Waals surface area contributed by atoms with E-state index in [1.165, 1.54) is 19.4 Å². The summed E-state index contributed by atoms with van der Waals surface area (Å²) in [5.74, 6) is 1.78. The molecular weight excluding hydrogens is 202 g/mol. The molecule has 1 saturated heterocycles. The van der Waals surface area contributed by atoms with E-state index >= 15 is 0 Å². The van der Waals surface area contributed by atoms with Gasteiger partial charge in [-0.05, 0) is 38.3 Å². The fraction of sp³-hybridized carbons (Fsp3) is 0.750. The Morgan fingerprint density at radius 3 is 3.19 bits per heavy atom. The van der Waals surface area contributed by atoms with Gasteiger partial charge in [0.25, 0.3) is 6.01 Å². The van der Waals surface area contributed by atoms with Gasteiger partial charge < -0.3 is 10.2 Å². The van der Waals surface area contributed by atoms with Crippen LogP contribution >= 0.6 is 0 Å². The van der Waals surface area contributed by atoms with E-state index in [1.54, 1.807) is 0 Å². The van der Waals surface area contributed by atoms with Gasteiger partial charge in [-0.15, -0.1) is 0 Å². The van der Waals surface area contributed by atoms with E-state index in [0.29, 0.717) is 12.1 Å². The van der Waals surface area contributed by atoms with Crippen molar-refractivity contribution in [3.05, 3.63) is 11.5 Å². The summed E-state index contributed by atoms with van der Waals surface area (Å²) in [5, 5.41) is 0. The van der Waals surface area contributed by atoms with Crippen LogP contribution < -0.4 is 5.73 Å². The van der Waals surface area contributed by atoms with Crippen molar-refractivity contribution in [2.45, 2.75) is 38.6 Å². The van der Waals surface area contributed by atoms with Gasteiger partial charge in [0.2, 0.25) is 0 Å². The van der Waals surface area contributed by atoms with Crippen molar-refractivity contribution in [2.24, 2.45) is 5.92 Å². The topological polar surface area (TPSA) is 55.3 Å². The number of rotatable bonds is 1. The smallest absolute Gasteiger partial charge is 0.292 e. The summed E-state index contributed by atoms with van der Waals surface area (Å²) < 4.78 is 5.49. The highest BCUT2D eigenvalue weighted by molar-refractivity contribution is 5.24. The van der Waals surface area contributed by atoms with Crippen molar-refractivity contribution >= 4 is 6.01 Å². The summed E-state index contributed by atoms with van der Waals surface area (Å²) in [4.78, 5) is 6.86. The molecule has 0 unspecified atom stereocenters. The molecule has 88 valence electrons. The molecular formula is C12H19N3O. The number of piperidine rings is 1. The summed E-state index contributed by atoms with van der Waals surface area (Å²) >= 11 is 0. The number of nitrogen functional groups attached to an aromatic ring is 1. The maximum absolute atomic E-state index is 5.62. The van der Waals surface area contributed by atoms with Crippen molar-refractivity contribution in [1.82, 2.24) is 9.88 Å². The number of fused-ring (bicyclic) bond motifs is 2. The molecule has 16 heavy (non-hydrogen) atoms. The lowest BCUT2D eigenvalue weighted by molar-refractivity contribution is 0.0852. The summed E-state index contributed by atoms with van der Waals surface area (Å²) in [5.41, 5.74) is 6.73. The first-order valence-corrected chi connectivity index (χ1v) is 6.26. The van der Waals surface area contributed by atoms with Crippen molar-refractivity contribution < 1.29 is 4.42 Å². The SMILES string of the molecule is CCN1CCC[C@@H]2Cc3nc(N)oc3C[C@H]21. The minimum absolute atomic E-state index is 0.340. The largest absolute Gasteiger partial charge is 0.429 e. The maximum atomic E-state index is 5.62. The molecule has 3 rings (SSSR count). The average molecular weight is 221 g/mol. The van der Waals surface area contributed by atoms with E-state index in [1.807, 2.05) is 0 Å². The molecule has 2 N–H and O–H groups in total. The molecule has 1 aromatic heterocycles. The molecule has 2 heterocycles. The molecule has 0 spiro atoms. The highest BCUT2D eigenvalue weighted by atomic mass is 16.4. The predicted octanol–water partition coefficient (Wildman–Crippen LogP) is 1.46. The minimum Gasteiger partial charge on any atom is -0.429 e. The number of hydrogen-bond donors (Lipinski definition) is 1. The third-order valence-electron chi connectivity index (χ3n) is 4.08. The second-order valence-corrected chi connectivity index (χ2v) is 4.93. The van der Waals surface area contributed by atoms with Gasteiger partial charge in [-0.25, -0.2) is 0 Å². The van der Waals surface area contributed by atoms with Crippen LogP contribution in [0.25, 0.3) is 0 Å². The van der Waals surface area contributed by atoms with Crippen LogP contribution in [0.15, 0.2) is 4.42 Å². The molecule has 4 heteroatoms. The lowest BCUT2D eigenvalue weighted by atomic mass is 9.79. The highest BCUT2D eigenvalue weighted by Crippen LogP contribution is 2.35. The molecule has 4 nitrogen and oxygen atoms in total. The average Bonchev–Trinajstić information content (AvgIpc) is 2.64. The summed E-state index contributed by atoms with van der Waals surface area (Å²) in [6.45, 7) is 4.61. The fourth-order valence-electron chi connectivity index (χ4n) is 3.30. The van der Waals surface area contributed by atoms with Gasteiger partial charge in [0, 0.05) is 12.5 Å². The monoisotopic (exact) mass is 221 g/mol. The maximum Gasteiger partial charge on any atom is 0.292 e. The van der Waals surface area contributed by atoms with E-state index in [2.05, 4.69) is 16.8 Å². The van der Waals surface area contributed by atoms with Crippen LogP contribution in [0.2, 0.25) is 0 Å². The summed E-state index contributed by atoms with van der Waals surface area (Å²) in [6, 6.07) is 0.991. The Balaban J connectivity index is 1.88. The molecule has 1 fully saturated rings. The Hall–Kier alpha value is -1.03. The highest BCUT2D eigenvalue weighted by Gasteiger charge is 2.37. The molecule has 0 radical (unpaired) electrons. The molecule has 2 atom stereocenters. The van der Waals surface area contributed by atoms with Crippen LogP contribution in [0.3, 0.4) is 0 Å². The van der Waals surface area contributed by atoms with Gasteiger partial charge in [0.15, 0.2) is 0 Å². The van der Waals surface area contributed by atoms with Crippen LogP contribution in [0, 0.1) is 5.92 Å². The second kappa shape index (κ2) is 3.77. The normalized spacial score (nSPS) is 29.8. The molecule has 0 saturated carbocycles. The Labute approximate surface area is 95.8 Å². The van der Waals surface area contributed by atoms with Gasteiger partial charge in [0.05, 0.1) is 5.69 Å². The molecule has 1 aromatic rings. The number of aromatic nitrogens is 1. The Bertz CT molecular complexity index is 388. The van der Waals surface area contributed by atoms with Crippen molar-refractivity contribution in [2.75, 3.05) is 18.8 Å². The lowest BCUT2D eigenvalue weighted by Gasteiger charge is -2.42. The molecule has 0 bridgehead atoms. The van der Waals surface area contributed by atoms with E-state index in [0.717, 1.165) is 36.8 Å². The van der Waals surface area contributed by atoms with Gasteiger partial charge >= 0.3 is 0 Å². The van der Waals surface area contributed by atoms with E-state index in [4.69, 9.17) is 10.2 Å². The summed E-state index contributed by atoms with van der Waals surface area (Å²) in [6.07, 6.45) is 4.69. The van der Waals surface area contributed by atoms with Crippen LogP contribution in [0.5, 0.6) is 0 Å². The third-order valence-corrected chi connectivity index (χ3v) is 4.08. The van der Waals surface area contributed by atoms with Crippen LogP contribution in [0.1, 0.15) is 31.2 Å². The van der Waals surface area contributed by atoms with Crippen molar-refractivity contribution in [3.63, 3.8) is 0 Å². The first-order chi connectivity index (χ1) is 7.78. The van der Waals surface area contributed by atoms with E-state index < -0.39 is 0 Å². The molecule has 0 aromatic carbocycles. The van der Waals surface area contributed by atoms with E-state index in [9.17, 15) is 0 Å². The number of hydrogen-bond acceptors (Lipinski definition) is 4. The standard InChI is InChI=1S/C12H19N3O/c1-2-15-5-3-4-8-6-9-11(7-10(8)15)16-12(13)14-9/h8,10H,2-7H2,1H3,(H2,13,14)/t8-,10-/m1/s1. The lowest BCUT2D eigenvalue weighted by Crippen LogP contribution is -2.48. The Kier molecular flexibility index (Phi) is 2.39. The number of likely N-dealkylation sites (N-methyl/N-ethyl adjacent to an activating group) is 1. The van der Waals surface area contributed by atoms with Crippen molar-refractivity contribution in [3.8, 4) is 0 Å². The van der Waals surface area contributed by atoms with Crippen LogP contribution in [0.4, 0.5) is 6.01 Å². The van der Waals surface area contributed by atoms with Gasteiger partial charge in [-0.2, -0.15) is 4.98 Å². The summed E-state index contributed by atoms with van der Waals surface area (Å²) in [7, 11) is 0. The van der Waals surface area contributed by atoms with Crippen molar-refractivity contribution in [1.29, 1.82) is 0 Å². The number of nitrogens with zero attached hydrogens (tertiary/aromatic N) is 2. The Morgan fingerprint density at radius 1 is 1.50 bits per heavy atom. The Morgan fingerprint density at radius 2 is 2.38 bits per heavy atom. The molecule has 2 aliphatic rings. The van der Waals surface area contributed by atoms with Crippen LogP contribution in [-0.2, 0) is 12.8 Å². The van der Waals surface area contributed by atoms with Crippen LogP contribution in [-0.4, -0.2) is 29.0 Å². The molecule has 1 aliphatic carbocycles. The number of likely N-dealkylation sites (tertiary alicyclic amines) is 1. The minimum atomic E-state index is 0.340. The second-order valence-electron chi connectivity index (χ2n) is 4.93. The number of oxazole rings is 1. The predicted molar refractivity (Wildman–Crippen MR) is 62.1 cm³/mol. The first kappa shape index (κ1) is 10.1. The third kappa shape index (κ3) is 1.52. The molecule has 0 amide bonds. The zero-order valence-electron chi connectivity index (χ0n) is 9.78. The zero-order valence-corrected chi connectivity index (χ0v) is 9.78. The van der Waals surface area contributed by atoms with Gasteiger partial charge in [-0.1, -0.05) is 6.92 Å². The first-order valence-electron chi connectivity index (χ1n) is 6.26. The van der Waals surface area contributed by atoms with Gasteiger partial charge in [0.1, 0.15) is 5.76 Å². The quantitative estimate of drug-likeness (QED) is 0.780. The van der Waals surface area contributed by atoms with E-state index in [-0.39, 0.29) is 0 Å². The number of anilines is 1. The number of nitrogens with two attached hydrogens (primary N) is 1. The molecule has 1 aliphatic heterocycles. The zero-order chi connectivity index (χ0) is 11.1. The van der Waals surface area contributed by atoms with Gasteiger partial charge in [-0.3, -0.25) is 4.90 Å².